The Bertz CT molecular complexity index is 1060. The highest BCUT2D eigenvalue weighted by Crippen LogP contribution is 2.26. The van der Waals surface area contributed by atoms with Gasteiger partial charge in [0.25, 0.3) is 0 Å². The molecule has 0 bridgehead atoms. The molecule has 1 N–H and O–H groups in total. The van der Waals surface area contributed by atoms with Gasteiger partial charge < -0.3 is 14.6 Å². The number of hydrogen-bond donors (Lipinski definition) is 1. The number of amides is 1. The monoisotopic (exact) mass is 392 g/mol. The normalized spacial score (nSPS) is 11.4. The SMILES string of the molecule is COc1ccc(C)cc1NC(=O)/C=C/c1cc(C)n(-c2ccnn2C(C)C)c1C. The maximum Gasteiger partial charge on any atom is 0.248 e. The molecule has 29 heavy (non-hydrogen) atoms. The van der Waals surface area contributed by atoms with E-state index in [1.165, 1.54) is 0 Å². The number of rotatable bonds is 6. The zero-order chi connectivity index (χ0) is 21.1. The summed E-state index contributed by atoms with van der Waals surface area (Å²) in [5, 5.41) is 7.32. The Morgan fingerprint density at radius 2 is 1.93 bits per heavy atom. The number of anilines is 1. The van der Waals surface area contributed by atoms with E-state index in [0.29, 0.717) is 11.4 Å². The molecular formula is C23H28N4O2. The van der Waals surface area contributed by atoms with Crippen LogP contribution in [0, 0.1) is 20.8 Å². The first kappa shape index (κ1) is 20.5. The number of benzene rings is 1. The summed E-state index contributed by atoms with van der Waals surface area (Å²) in [6, 6.07) is 10.0. The highest BCUT2D eigenvalue weighted by molar-refractivity contribution is 6.02. The molecular weight excluding hydrogens is 364 g/mol. The van der Waals surface area contributed by atoms with Crippen molar-refractivity contribution in [1.29, 1.82) is 0 Å². The summed E-state index contributed by atoms with van der Waals surface area (Å²) in [4.78, 5) is 12.5. The molecule has 2 heterocycles. The van der Waals surface area contributed by atoms with E-state index in [4.69, 9.17) is 4.74 Å². The van der Waals surface area contributed by atoms with Crippen molar-refractivity contribution in [2.24, 2.45) is 0 Å². The lowest BCUT2D eigenvalue weighted by Crippen LogP contribution is -2.11. The van der Waals surface area contributed by atoms with E-state index < -0.39 is 0 Å². The van der Waals surface area contributed by atoms with Gasteiger partial charge in [-0.15, -0.1) is 0 Å². The Morgan fingerprint density at radius 1 is 1.17 bits per heavy atom. The fourth-order valence-corrected chi connectivity index (χ4v) is 3.45. The molecule has 0 aliphatic rings. The van der Waals surface area contributed by atoms with Crippen molar-refractivity contribution in [3.63, 3.8) is 0 Å². The summed E-state index contributed by atoms with van der Waals surface area (Å²) in [6.07, 6.45) is 5.20. The fraction of sp³-hybridized carbons (Fsp3) is 0.304. The van der Waals surface area contributed by atoms with Crippen LogP contribution < -0.4 is 10.1 Å². The van der Waals surface area contributed by atoms with Crippen LogP contribution >= 0.6 is 0 Å². The average molecular weight is 393 g/mol. The maximum atomic E-state index is 12.5. The summed E-state index contributed by atoms with van der Waals surface area (Å²) in [5.74, 6) is 1.45. The van der Waals surface area contributed by atoms with Crippen molar-refractivity contribution < 1.29 is 9.53 Å². The molecule has 2 aromatic heterocycles. The second kappa shape index (κ2) is 8.39. The molecule has 0 saturated heterocycles. The minimum absolute atomic E-state index is 0.203. The van der Waals surface area contributed by atoms with Crippen molar-refractivity contribution in [2.75, 3.05) is 12.4 Å². The summed E-state index contributed by atoms with van der Waals surface area (Å²) in [6.45, 7) is 10.3. The topological polar surface area (TPSA) is 61.1 Å². The Balaban J connectivity index is 1.84. The first-order valence-electron chi connectivity index (χ1n) is 9.68. The van der Waals surface area contributed by atoms with Gasteiger partial charge in [0, 0.05) is 29.6 Å². The fourth-order valence-electron chi connectivity index (χ4n) is 3.45. The first-order chi connectivity index (χ1) is 13.8. The van der Waals surface area contributed by atoms with E-state index in [0.717, 1.165) is 28.3 Å². The van der Waals surface area contributed by atoms with Crippen LogP contribution in [0.4, 0.5) is 5.69 Å². The van der Waals surface area contributed by atoms with Crippen LogP contribution in [0.2, 0.25) is 0 Å². The third-order valence-corrected chi connectivity index (χ3v) is 4.87. The Morgan fingerprint density at radius 3 is 2.62 bits per heavy atom. The molecule has 1 amide bonds. The van der Waals surface area contributed by atoms with Gasteiger partial charge in [0.05, 0.1) is 19.0 Å². The van der Waals surface area contributed by atoms with Gasteiger partial charge in [0.1, 0.15) is 11.6 Å². The predicted molar refractivity (Wildman–Crippen MR) is 117 cm³/mol. The third-order valence-electron chi connectivity index (χ3n) is 4.87. The van der Waals surface area contributed by atoms with E-state index in [-0.39, 0.29) is 11.9 Å². The average Bonchev–Trinajstić information content (AvgIpc) is 3.24. The van der Waals surface area contributed by atoms with E-state index in [1.807, 2.05) is 55.1 Å². The van der Waals surface area contributed by atoms with Gasteiger partial charge in [0.15, 0.2) is 0 Å². The van der Waals surface area contributed by atoms with E-state index >= 15 is 0 Å². The molecule has 0 aliphatic carbocycles. The summed E-state index contributed by atoms with van der Waals surface area (Å²) < 4.78 is 9.47. The lowest BCUT2D eigenvalue weighted by Gasteiger charge is -2.15. The van der Waals surface area contributed by atoms with Crippen molar-refractivity contribution in [1.82, 2.24) is 14.3 Å². The van der Waals surface area contributed by atoms with E-state index in [2.05, 4.69) is 41.8 Å². The number of nitrogens with zero attached hydrogens (tertiary/aromatic N) is 3. The second-order valence-corrected chi connectivity index (χ2v) is 7.42. The lowest BCUT2D eigenvalue weighted by atomic mass is 10.2. The number of aromatic nitrogens is 3. The number of ether oxygens (including phenoxy) is 1. The molecule has 6 heteroatoms. The lowest BCUT2D eigenvalue weighted by molar-refractivity contribution is -0.111. The third kappa shape index (κ3) is 4.26. The van der Waals surface area contributed by atoms with Crippen LogP contribution in [0.15, 0.2) is 42.6 Å². The Labute approximate surface area is 171 Å². The molecule has 0 fully saturated rings. The van der Waals surface area contributed by atoms with Gasteiger partial charge in [-0.05, 0) is 70.0 Å². The van der Waals surface area contributed by atoms with Crippen molar-refractivity contribution >= 4 is 17.7 Å². The first-order valence-corrected chi connectivity index (χ1v) is 9.68. The van der Waals surface area contributed by atoms with Gasteiger partial charge in [-0.2, -0.15) is 5.10 Å². The van der Waals surface area contributed by atoms with Crippen LogP contribution in [0.25, 0.3) is 11.9 Å². The molecule has 0 unspecified atom stereocenters. The van der Waals surface area contributed by atoms with Gasteiger partial charge in [-0.1, -0.05) is 6.07 Å². The van der Waals surface area contributed by atoms with Crippen LogP contribution in [-0.4, -0.2) is 27.4 Å². The van der Waals surface area contributed by atoms with Crippen LogP contribution in [0.3, 0.4) is 0 Å². The molecule has 0 atom stereocenters. The van der Waals surface area contributed by atoms with Crippen LogP contribution in [0.5, 0.6) is 5.75 Å². The molecule has 3 rings (SSSR count). The summed E-state index contributed by atoms with van der Waals surface area (Å²) in [5.41, 5.74) is 4.85. The van der Waals surface area contributed by atoms with Gasteiger partial charge in [-0.3, -0.25) is 4.79 Å². The molecule has 1 aromatic carbocycles. The van der Waals surface area contributed by atoms with Gasteiger partial charge in [-0.25, -0.2) is 4.68 Å². The van der Waals surface area contributed by atoms with Gasteiger partial charge in [0.2, 0.25) is 5.91 Å². The summed E-state index contributed by atoms with van der Waals surface area (Å²) >= 11 is 0. The molecule has 0 aliphatic heterocycles. The van der Waals surface area contributed by atoms with E-state index in [9.17, 15) is 4.79 Å². The second-order valence-electron chi connectivity index (χ2n) is 7.42. The van der Waals surface area contributed by atoms with Crippen LogP contribution in [0.1, 0.15) is 42.4 Å². The number of carbonyl (C=O) groups is 1. The standard InChI is InChI=1S/C23H28N4O2/c1-15(2)27-23(11-12-24-27)26-17(4)14-19(18(26)5)8-10-22(28)25-20-13-16(3)7-9-21(20)29-6/h7-15H,1-6H3,(H,25,28)/b10-8+. The number of methoxy groups -OCH3 is 1. The Kier molecular flexibility index (Phi) is 5.92. The van der Waals surface area contributed by atoms with Crippen molar-refractivity contribution in [2.45, 2.75) is 40.7 Å². The number of hydrogen-bond acceptors (Lipinski definition) is 3. The minimum atomic E-state index is -0.203. The van der Waals surface area contributed by atoms with Crippen LogP contribution in [-0.2, 0) is 4.79 Å². The zero-order valence-electron chi connectivity index (χ0n) is 17.9. The highest BCUT2D eigenvalue weighted by Gasteiger charge is 2.14. The molecule has 0 saturated carbocycles. The maximum absolute atomic E-state index is 12.5. The molecule has 6 nitrogen and oxygen atoms in total. The Hall–Kier alpha value is -3.28. The quantitative estimate of drug-likeness (QED) is 0.611. The van der Waals surface area contributed by atoms with Crippen molar-refractivity contribution in [3.8, 4) is 11.6 Å². The van der Waals surface area contributed by atoms with Crippen molar-refractivity contribution in [3.05, 3.63) is 65.1 Å². The highest BCUT2D eigenvalue weighted by atomic mass is 16.5. The predicted octanol–water partition coefficient (Wildman–Crippen LogP) is 4.84. The summed E-state index contributed by atoms with van der Waals surface area (Å²) in [7, 11) is 1.59. The molecule has 3 aromatic rings. The number of nitrogens with one attached hydrogen (secondary N) is 1. The number of carbonyl (C=O) groups excluding carboxylic acids is 1. The molecule has 0 spiro atoms. The zero-order valence-corrected chi connectivity index (χ0v) is 17.9. The van der Waals surface area contributed by atoms with Gasteiger partial charge >= 0.3 is 0 Å². The molecule has 0 radical (unpaired) electrons. The van der Waals surface area contributed by atoms with E-state index in [1.54, 1.807) is 13.2 Å². The minimum Gasteiger partial charge on any atom is -0.495 e. The number of aryl methyl sites for hydroxylation is 2. The smallest absolute Gasteiger partial charge is 0.248 e. The molecule has 152 valence electrons. The largest absolute Gasteiger partial charge is 0.495 e.